The maximum atomic E-state index is 5.45. The van der Waals surface area contributed by atoms with Crippen LogP contribution in [0.1, 0.15) is 64.7 Å². The zero-order chi connectivity index (χ0) is 10.8. The first-order chi connectivity index (χ1) is 7.43. The molecule has 0 saturated heterocycles. The maximum Gasteiger partial charge on any atom is 0.0873 e. The van der Waals surface area contributed by atoms with Crippen LogP contribution in [0.5, 0.6) is 0 Å². The molecule has 1 fully saturated rings. The molecule has 0 heterocycles. The van der Waals surface area contributed by atoms with Gasteiger partial charge in [0.25, 0.3) is 0 Å². The van der Waals surface area contributed by atoms with Gasteiger partial charge in [-0.05, 0) is 31.3 Å². The van der Waals surface area contributed by atoms with Gasteiger partial charge >= 0.3 is 0 Å². The van der Waals surface area contributed by atoms with Crippen LogP contribution in [0.3, 0.4) is 0 Å². The van der Waals surface area contributed by atoms with Crippen LogP contribution in [0.2, 0.25) is 0 Å². The zero-order valence-electron chi connectivity index (χ0n) is 10.2. The highest BCUT2D eigenvalue weighted by Gasteiger charge is 2.12. The lowest BCUT2D eigenvalue weighted by molar-refractivity contribution is 0.222. The molecule has 0 aromatic rings. The predicted octanol–water partition coefficient (Wildman–Crippen LogP) is 4.68. The van der Waals surface area contributed by atoms with E-state index in [9.17, 15) is 0 Å². The van der Waals surface area contributed by atoms with Gasteiger partial charge in [-0.3, -0.25) is 0 Å². The molecule has 0 aromatic heterocycles. The summed E-state index contributed by atoms with van der Waals surface area (Å²) in [5, 5.41) is 0. The summed E-state index contributed by atoms with van der Waals surface area (Å²) in [6.45, 7) is 3.10. The molecule has 1 heteroatoms. The third-order valence-electron chi connectivity index (χ3n) is 3.25. The van der Waals surface area contributed by atoms with E-state index in [-0.39, 0.29) is 0 Å². The van der Waals surface area contributed by atoms with Crippen LogP contribution in [-0.2, 0) is 4.74 Å². The van der Waals surface area contributed by atoms with E-state index in [1.54, 1.807) is 0 Å². The second-order valence-electron chi connectivity index (χ2n) is 4.68. The summed E-state index contributed by atoms with van der Waals surface area (Å²) >= 11 is 0. The largest absolute Gasteiger partial charge is 0.502 e. The van der Waals surface area contributed by atoms with E-state index in [4.69, 9.17) is 4.74 Å². The van der Waals surface area contributed by atoms with E-state index in [0.29, 0.717) is 0 Å². The third-order valence-corrected chi connectivity index (χ3v) is 3.25. The van der Waals surface area contributed by atoms with Crippen molar-refractivity contribution in [2.75, 3.05) is 6.61 Å². The first-order valence-corrected chi connectivity index (χ1v) is 6.70. The zero-order valence-corrected chi connectivity index (χ0v) is 10.2. The van der Waals surface area contributed by atoms with Gasteiger partial charge < -0.3 is 4.74 Å². The Morgan fingerprint density at radius 1 is 1.20 bits per heavy atom. The highest BCUT2D eigenvalue weighted by Crippen LogP contribution is 2.27. The summed E-state index contributed by atoms with van der Waals surface area (Å²) in [6, 6.07) is 0. The summed E-state index contributed by atoms with van der Waals surface area (Å²) < 4.78 is 5.45. The number of unbranched alkanes of at least 4 members (excludes halogenated alkanes) is 1. The van der Waals surface area contributed by atoms with Crippen LogP contribution in [0, 0.1) is 5.92 Å². The summed E-state index contributed by atoms with van der Waals surface area (Å²) in [4.78, 5) is 0. The molecule has 15 heavy (non-hydrogen) atoms. The van der Waals surface area contributed by atoms with Gasteiger partial charge in [0.1, 0.15) is 0 Å². The molecule has 1 saturated carbocycles. The van der Waals surface area contributed by atoms with Gasteiger partial charge in [-0.15, -0.1) is 0 Å². The number of ether oxygens (including phenoxy) is 1. The van der Waals surface area contributed by atoms with Crippen LogP contribution in [0.15, 0.2) is 12.3 Å². The Bertz CT molecular complexity index is 157. The van der Waals surface area contributed by atoms with Gasteiger partial charge in [0.15, 0.2) is 0 Å². The normalized spacial score (nSPS) is 18.5. The molecule has 0 atom stereocenters. The van der Waals surface area contributed by atoms with Crippen molar-refractivity contribution in [1.29, 1.82) is 0 Å². The number of hydrogen-bond acceptors (Lipinski definition) is 1. The molecule has 1 aliphatic rings. The fourth-order valence-corrected chi connectivity index (χ4v) is 2.30. The molecular formula is C14H26O. The topological polar surface area (TPSA) is 9.23 Å². The molecule has 0 unspecified atom stereocenters. The Hall–Kier alpha value is -0.460. The SMILES string of the molecule is CCCC=COCCCC1CCCCC1. The molecule has 0 bridgehead atoms. The highest BCUT2D eigenvalue weighted by molar-refractivity contribution is 4.72. The maximum absolute atomic E-state index is 5.45. The summed E-state index contributed by atoms with van der Waals surface area (Å²) in [7, 11) is 0. The van der Waals surface area contributed by atoms with Crippen molar-refractivity contribution in [2.45, 2.75) is 64.7 Å². The fourth-order valence-electron chi connectivity index (χ4n) is 2.30. The van der Waals surface area contributed by atoms with E-state index in [1.807, 2.05) is 6.26 Å². The minimum atomic E-state index is 0.913. The van der Waals surface area contributed by atoms with Gasteiger partial charge in [-0.1, -0.05) is 45.4 Å². The smallest absolute Gasteiger partial charge is 0.0873 e. The molecule has 0 amide bonds. The Balaban J connectivity index is 1.87. The van der Waals surface area contributed by atoms with E-state index in [0.717, 1.165) is 18.9 Å². The number of rotatable bonds is 7. The minimum Gasteiger partial charge on any atom is -0.502 e. The molecule has 0 radical (unpaired) electrons. The van der Waals surface area contributed by atoms with E-state index in [2.05, 4.69) is 13.0 Å². The van der Waals surface area contributed by atoms with Crippen molar-refractivity contribution >= 4 is 0 Å². The lowest BCUT2D eigenvalue weighted by Gasteiger charge is -2.20. The molecule has 0 aliphatic heterocycles. The van der Waals surface area contributed by atoms with Crippen molar-refractivity contribution < 1.29 is 4.74 Å². The van der Waals surface area contributed by atoms with Crippen molar-refractivity contribution in [3.63, 3.8) is 0 Å². The summed E-state index contributed by atoms with van der Waals surface area (Å²) in [6.07, 6.45) is 16.3. The predicted molar refractivity (Wildman–Crippen MR) is 65.8 cm³/mol. The molecule has 1 aliphatic carbocycles. The molecule has 1 nitrogen and oxygen atoms in total. The monoisotopic (exact) mass is 210 g/mol. The first kappa shape index (κ1) is 12.6. The molecular weight excluding hydrogens is 184 g/mol. The van der Waals surface area contributed by atoms with Crippen molar-refractivity contribution in [3.8, 4) is 0 Å². The molecule has 88 valence electrons. The van der Waals surface area contributed by atoms with Crippen LogP contribution in [0.4, 0.5) is 0 Å². The Labute approximate surface area is 94.9 Å². The van der Waals surface area contributed by atoms with Crippen molar-refractivity contribution in [2.24, 2.45) is 5.92 Å². The van der Waals surface area contributed by atoms with Crippen LogP contribution < -0.4 is 0 Å². The highest BCUT2D eigenvalue weighted by atomic mass is 16.5. The third kappa shape index (κ3) is 6.59. The van der Waals surface area contributed by atoms with Gasteiger partial charge in [-0.25, -0.2) is 0 Å². The average Bonchev–Trinajstić information content (AvgIpc) is 2.29. The average molecular weight is 210 g/mol. The molecule has 0 aromatic carbocycles. The number of hydrogen-bond donors (Lipinski definition) is 0. The quantitative estimate of drug-likeness (QED) is 0.438. The molecule has 1 rings (SSSR count). The summed E-state index contributed by atoms with van der Waals surface area (Å²) in [5.41, 5.74) is 0. The lowest BCUT2D eigenvalue weighted by Crippen LogP contribution is -2.06. The molecule has 0 spiro atoms. The van der Waals surface area contributed by atoms with E-state index >= 15 is 0 Å². The van der Waals surface area contributed by atoms with Gasteiger partial charge in [0.2, 0.25) is 0 Å². The van der Waals surface area contributed by atoms with Crippen molar-refractivity contribution in [3.05, 3.63) is 12.3 Å². The first-order valence-electron chi connectivity index (χ1n) is 6.70. The van der Waals surface area contributed by atoms with Crippen LogP contribution in [0.25, 0.3) is 0 Å². The van der Waals surface area contributed by atoms with Crippen LogP contribution >= 0.6 is 0 Å². The van der Waals surface area contributed by atoms with Crippen LogP contribution in [-0.4, -0.2) is 6.61 Å². The lowest BCUT2D eigenvalue weighted by atomic mass is 9.86. The van der Waals surface area contributed by atoms with E-state index in [1.165, 1.54) is 51.4 Å². The second kappa shape index (κ2) is 8.82. The van der Waals surface area contributed by atoms with Gasteiger partial charge in [0.05, 0.1) is 12.9 Å². The Kier molecular flexibility index (Phi) is 7.41. The summed E-state index contributed by atoms with van der Waals surface area (Å²) in [5.74, 6) is 1.00. The van der Waals surface area contributed by atoms with Gasteiger partial charge in [0, 0.05) is 0 Å². The van der Waals surface area contributed by atoms with E-state index < -0.39 is 0 Å². The fraction of sp³-hybridized carbons (Fsp3) is 0.857. The molecule has 0 N–H and O–H groups in total. The van der Waals surface area contributed by atoms with Gasteiger partial charge in [-0.2, -0.15) is 0 Å². The number of allylic oxidation sites excluding steroid dienone is 1. The Morgan fingerprint density at radius 3 is 2.73 bits per heavy atom. The van der Waals surface area contributed by atoms with Crippen molar-refractivity contribution in [1.82, 2.24) is 0 Å². The standard InChI is InChI=1S/C14H26O/c1-2-3-7-12-15-13-8-11-14-9-5-4-6-10-14/h7,12,14H,2-6,8-11,13H2,1H3. The Morgan fingerprint density at radius 2 is 2.00 bits per heavy atom. The minimum absolute atomic E-state index is 0.913. The second-order valence-corrected chi connectivity index (χ2v) is 4.68.